The minimum absolute atomic E-state index is 0.227. The zero-order valence-electron chi connectivity index (χ0n) is 17.8. The first kappa shape index (κ1) is 22.8. The van der Waals surface area contributed by atoms with E-state index in [4.69, 9.17) is 21.7 Å². The quantitative estimate of drug-likeness (QED) is 0.340. The summed E-state index contributed by atoms with van der Waals surface area (Å²) in [6.07, 6.45) is 0. The Morgan fingerprint density at radius 2 is 1.91 bits per heavy atom. The van der Waals surface area contributed by atoms with E-state index in [9.17, 15) is 9.59 Å². The van der Waals surface area contributed by atoms with Gasteiger partial charge in [0, 0.05) is 16.1 Å². The number of carbonyl (C=O) groups excluding carboxylic acids is 1. The number of methoxy groups -OCH3 is 2. The Morgan fingerprint density at radius 3 is 2.64 bits per heavy atom. The van der Waals surface area contributed by atoms with Crippen LogP contribution in [0.25, 0.3) is 10.9 Å². The second-order valence-corrected chi connectivity index (χ2v) is 8.53. The Kier molecular flexibility index (Phi) is 6.62. The van der Waals surface area contributed by atoms with Gasteiger partial charge in [0.2, 0.25) is 0 Å². The summed E-state index contributed by atoms with van der Waals surface area (Å²) in [6.45, 7) is 0.335. The minimum Gasteiger partial charge on any atom is -0.497 e. The summed E-state index contributed by atoms with van der Waals surface area (Å²) in [6, 6.07) is 17.6. The van der Waals surface area contributed by atoms with Gasteiger partial charge >= 0.3 is 0 Å². The minimum atomic E-state index is -0.360. The third-order valence-corrected chi connectivity index (χ3v) is 5.94. The lowest BCUT2D eigenvalue weighted by Crippen LogP contribution is -2.23. The number of ether oxygens (including phenoxy) is 2. The van der Waals surface area contributed by atoms with Crippen LogP contribution in [-0.4, -0.2) is 29.7 Å². The molecule has 0 saturated heterocycles. The van der Waals surface area contributed by atoms with E-state index in [1.165, 1.54) is 11.7 Å². The zero-order chi connectivity index (χ0) is 23.5. The Balaban J connectivity index is 1.67. The molecular weight excluding hydrogens is 506 g/mol. The number of H-pyrrole nitrogens is 1. The van der Waals surface area contributed by atoms with Gasteiger partial charge in [0.1, 0.15) is 11.5 Å². The molecule has 0 unspecified atom stereocenters. The van der Waals surface area contributed by atoms with Crippen LogP contribution in [0.1, 0.15) is 15.9 Å². The summed E-state index contributed by atoms with van der Waals surface area (Å²) < 4.78 is 13.2. The van der Waals surface area contributed by atoms with Gasteiger partial charge in [-0.1, -0.05) is 28.1 Å². The molecule has 0 bridgehead atoms. The van der Waals surface area contributed by atoms with Gasteiger partial charge in [-0.15, -0.1) is 0 Å². The monoisotopic (exact) mass is 525 g/mol. The highest BCUT2D eigenvalue weighted by molar-refractivity contribution is 9.10. The van der Waals surface area contributed by atoms with E-state index in [2.05, 4.69) is 26.2 Å². The molecule has 9 heteroatoms. The number of aromatic amines is 1. The zero-order valence-corrected chi connectivity index (χ0v) is 20.2. The molecule has 0 aliphatic carbocycles. The Bertz CT molecular complexity index is 1480. The van der Waals surface area contributed by atoms with Gasteiger partial charge in [0.25, 0.3) is 11.5 Å². The van der Waals surface area contributed by atoms with Crippen molar-refractivity contribution in [1.29, 1.82) is 0 Å². The lowest BCUT2D eigenvalue weighted by atomic mass is 10.1. The molecule has 1 heterocycles. The van der Waals surface area contributed by atoms with Crippen molar-refractivity contribution in [2.45, 2.75) is 6.54 Å². The van der Waals surface area contributed by atoms with Gasteiger partial charge in [0.15, 0.2) is 4.77 Å². The topological polar surface area (TPSA) is 85.3 Å². The summed E-state index contributed by atoms with van der Waals surface area (Å²) in [5.41, 5.74) is 2.03. The van der Waals surface area contributed by atoms with Crippen LogP contribution >= 0.6 is 28.1 Å². The predicted molar refractivity (Wildman–Crippen MR) is 134 cm³/mol. The van der Waals surface area contributed by atoms with E-state index in [0.717, 1.165) is 10.0 Å². The first-order valence-electron chi connectivity index (χ1n) is 9.94. The molecule has 0 aliphatic heterocycles. The molecule has 1 amide bonds. The van der Waals surface area contributed by atoms with E-state index in [0.29, 0.717) is 40.2 Å². The van der Waals surface area contributed by atoms with Gasteiger partial charge < -0.3 is 19.8 Å². The number of nitrogens with one attached hydrogen (secondary N) is 2. The van der Waals surface area contributed by atoms with Crippen molar-refractivity contribution in [2.24, 2.45) is 0 Å². The number of aromatic nitrogens is 2. The van der Waals surface area contributed by atoms with Crippen LogP contribution in [-0.2, 0) is 6.54 Å². The van der Waals surface area contributed by atoms with Gasteiger partial charge in [-0.25, -0.2) is 0 Å². The fourth-order valence-corrected chi connectivity index (χ4v) is 4.17. The van der Waals surface area contributed by atoms with Crippen LogP contribution in [0, 0.1) is 4.77 Å². The number of benzene rings is 3. The maximum absolute atomic E-state index is 13.1. The molecule has 33 heavy (non-hydrogen) atoms. The first-order valence-corrected chi connectivity index (χ1v) is 11.1. The molecule has 4 rings (SSSR count). The summed E-state index contributed by atoms with van der Waals surface area (Å²) in [5.74, 6) is 0.723. The van der Waals surface area contributed by atoms with E-state index in [-0.39, 0.29) is 16.2 Å². The van der Waals surface area contributed by atoms with Gasteiger partial charge in [-0.3, -0.25) is 14.2 Å². The SMILES string of the molecule is COc1ccc(OC)c(NC(=O)c2ccc3c(=O)n(Cc4cccc(Br)c4)c(=S)[nH]c3c2)c1. The molecule has 4 aromatic rings. The average Bonchev–Trinajstić information content (AvgIpc) is 2.81. The van der Waals surface area contributed by atoms with Crippen molar-refractivity contribution >= 4 is 50.6 Å². The van der Waals surface area contributed by atoms with Crippen LogP contribution in [0.15, 0.2) is 69.9 Å². The summed E-state index contributed by atoms with van der Waals surface area (Å²) in [4.78, 5) is 29.1. The number of halogens is 1. The van der Waals surface area contributed by atoms with E-state index in [1.807, 2.05) is 24.3 Å². The largest absolute Gasteiger partial charge is 0.497 e. The molecule has 0 atom stereocenters. The van der Waals surface area contributed by atoms with Crippen molar-refractivity contribution in [2.75, 3.05) is 19.5 Å². The Hall–Kier alpha value is -3.43. The maximum atomic E-state index is 13.1. The Morgan fingerprint density at radius 1 is 1.09 bits per heavy atom. The lowest BCUT2D eigenvalue weighted by molar-refractivity contribution is 0.102. The van der Waals surface area contributed by atoms with Gasteiger partial charge in [0.05, 0.1) is 37.4 Å². The summed E-state index contributed by atoms with van der Waals surface area (Å²) >= 11 is 8.88. The molecule has 3 aromatic carbocycles. The summed E-state index contributed by atoms with van der Waals surface area (Å²) in [7, 11) is 3.06. The maximum Gasteiger partial charge on any atom is 0.262 e. The van der Waals surface area contributed by atoms with Gasteiger partial charge in [-0.05, 0) is 60.2 Å². The molecule has 0 fully saturated rings. The van der Waals surface area contributed by atoms with Crippen LogP contribution < -0.4 is 20.3 Å². The molecule has 168 valence electrons. The van der Waals surface area contributed by atoms with Crippen molar-refractivity contribution in [3.05, 3.63) is 91.4 Å². The molecule has 0 aliphatic rings. The smallest absolute Gasteiger partial charge is 0.262 e. The number of fused-ring (bicyclic) bond motifs is 1. The van der Waals surface area contributed by atoms with Crippen LogP contribution in [0.3, 0.4) is 0 Å². The highest BCUT2D eigenvalue weighted by atomic mass is 79.9. The second-order valence-electron chi connectivity index (χ2n) is 7.23. The molecular formula is C24H20BrN3O4S. The third kappa shape index (κ3) is 4.84. The standard InChI is InChI=1S/C24H20BrN3O4S/c1-31-17-7-9-21(32-2)20(12-17)26-22(29)15-6-8-18-19(11-15)27-24(33)28(23(18)30)13-14-4-3-5-16(25)10-14/h3-12H,13H2,1-2H3,(H,26,29)(H,27,33). The van der Waals surface area contributed by atoms with Crippen LogP contribution in [0.4, 0.5) is 5.69 Å². The number of anilines is 1. The fraction of sp³-hybridized carbons (Fsp3) is 0.125. The number of amides is 1. The van der Waals surface area contributed by atoms with E-state index >= 15 is 0 Å². The van der Waals surface area contributed by atoms with Crippen LogP contribution in [0.2, 0.25) is 0 Å². The van der Waals surface area contributed by atoms with E-state index in [1.54, 1.807) is 43.5 Å². The number of nitrogens with zero attached hydrogens (tertiary/aromatic N) is 1. The predicted octanol–water partition coefficient (Wildman–Crippen LogP) is 5.14. The normalized spacial score (nSPS) is 10.8. The van der Waals surface area contributed by atoms with E-state index < -0.39 is 0 Å². The van der Waals surface area contributed by atoms with Crippen LogP contribution in [0.5, 0.6) is 11.5 Å². The van der Waals surface area contributed by atoms with Crippen molar-refractivity contribution < 1.29 is 14.3 Å². The van der Waals surface area contributed by atoms with Crippen molar-refractivity contribution in [3.63, 3.8) is 0 Å². The number of hydrogen-bond acceptors (Lipinski definition) is 5. The second kappa shape index (κ2) is 9.60. The highest BCUT2D eigenvalue weighted by Crippen LogP contribution is 2.29. The molecule has 1 aromatic heterocycles. The fourth-order valence-electron chi connectivity index (χ4n) is 3.46. The number of rotatable bonds is 6. The van der Waals surface area contributed by atoms with Gasteiger partial charge in [-0.2, -0.15) is 0 Å². The third-order valence-electron chi connectivity index (χ3n) is 5.13. The highest BCUT2D eigenvalue weighted by Gasteiger charge is 2.14. The summed E-state index contributed by atoms with van der Waals surface area (Å²) in [5, 5.41) is 3.26. The molecule has 7 nitrogen and oxygen atoms in total. The number of carbonyl (C=O) groups is 1. The molecule has 0 saturated carbocycles. The average molecular weight is 526 g/mol. The molecule has 2 N–H and O–H groups in total. The molecule has 0 radical (unpaired) electrons. The first-order chi connectivity index (χ1) is 15.9. The van der Waals surface area contributed by atoms with Crippen molar-refractivity contribution in [1.82, 2.24) is 9.55 Å². The Labute approximate surface area is 203 Å². The number of hydrogen-bond donors (Lipinski definition) is 2. The lowest BCUT2D eigenvalue weighted by Gasteiger charge is -2.12. The molecule has 0 spiro atoms. The van der Waals surface area contributed by atoms with Crippen molar-refractivity contribution in [3.8, 4) is 11.5 Å².